The Morgan fingerprint density at radius 2 is 2.10 bits per heavy atom. The number of aromatic nitrogens is 1. The monoisotopic (exact) mass is 305 g/mol. The van der Waals surface area contributed by atoms with Gasteiger partial charge < -0.3 is 4.90 Å². The third-order valence-corrected chi connectivity index (χ3v) is 3.18. The van der Waals surface area contributed by atoms with E-state index in [1.165, 1.54) is 11.0 Å². The molecule has 0 bridgehead atoms. The lowest BCUT2D eigenvalue weighted by Gasteiger charge is -2.17. The summed E-state index contributed by atoms with van der Waals surface area (Å²) in [7, 11) is 1.55. The van der Waals surface area contributed by atoms with Crippen molar-refractivity contribution in [1.82, 2.24) is 4.98 Å². The van der Waals surface area contributed by atoms with Gasteiger partial charge in [-0.2, -0.15) is 0 Å². The van der Waals surface area contributed by atoms with Gasteiger partial charge in [0.15, 0.2) is 0 Å². The standard InChI is InChI=1S/C14H12ClN3O3/c1-9-4-3-5-10(6-9)17(2)14(19)11-7-13(15)16-8-12(11)18(20)21/h3-8H,1-2H3. The van der Waals surface area contributed by atoms with Crippen LogP contribution in [-0.4, -0.2) is 22.9 Å². The molecule has 1 heterocycles. The number of carbonyl (C=O) groups is 1. The van der Waals surface area contributed by atoms with E-state index >= 15 is 0 Å². The summed E-state index contributed by atoms with van der Waals surface area (Å²) in [6.45, 7) is 1.90. The number of aryl methyl sites for hydroxylation is 1. The Hall–Kier alpha value is -2.47. The predicted octanol–water partition coefficient (Wildman–Crippen LogP) is 3.23. The molecule has 0 saturated heterocycles. The number of carbonyl (C=O) groups excluding carboxylic acids is 1. The van der Waals surface area contributed by atoms with Crippen molar-refractivity contribution >= 4 is 28.9 Å². The number of hydrogen-bond acceptors (Lipinski definition) is 4. The molecule has 21 heavy (non-hydrogen) atoms. The number of anilines is 1. The highest BCUT2D eigenvalue weighted by Crippen LogP contribution is 2.24. The fourth-order valence-corrected chi connectivity index (χ4v) is 2.03. The van der Waals surface area contributed by atoms with Crippen LogP contribution in [0.25, 0.3) is 0 Å². The number of amides is 1. The van der Waals surface area contributed by atoms with E-state index in [0.29, 0.717) is 5.69 Å². The first-order valence-corrected chi connectivity index (χ1v) is 6.42. The van der Waals surface area contributed by atoms with Crippen LogP contribution in [0.3, 0.4) is 0 Å². The van der Waals surface area contributed by atoms with Crippen LogP contribution in [0.4, 0.5) is 11.4 Å². The molecular formula is C14H12ClN3O3. The van der Waals surface area contributed by atoms with Crippen molar-refractivity contribution < 1.29 is 9.72 Å². The van der Waals surface area contributed by atoms with Crippen LogP contribution in [0.2, 0.25) is 5.15 Å². The van der Waals surface area contributed by atoms with Gasteiger partial charge in [-0.05, 0) is 30.7 Å². The number of benzene rings is 1. The van der Waals surface area contributed by atoms with Crippen molar-refractivity contribution in [2.24, 2.45) is 0 Å². The van der Waals surface area contributed by atoms with Crippen LogP contribution in [0.15, 0.2) is 36.5 Å². The van der Waals surface area contributed by atoms with Crippen molar-refractivity contribution in [1.29, 1.82) is 0 Å². The predicted molar refractivity (Wildman–Crippen MR) is 79.8 cm³/mol. The Kier molecular flexibility index (Phi) is 4.18. The summed E-state index contributed by atoms with van der Waals surface area (Å²) in [6.07, 6.45) is 0.986. The molecule has 0 saturated carbocycles. The maximum atomic E-state index is 12.5. The van der Waals surface area contributed by atoms with Crippen molar-refractivity contribution in [3.05, 3.63) is 62.9 Å². The molecule has 2 rings (SSSR count). The molecule has 0 N–H and O–H groups in total. The molecule has 1 amide bonds. The number of nitro groups is 1. The Balaban J connectivity index is 2.44. The van der Waals surface area contributed by atoms with E-state index in [1.807, 2.05) is 25.1 Å². The van der Waals surface area contributed by atoms with E-state index in [1.54, 1.807) is 13.1 Å². The number of halogens is 1. The highest BCUT2D eigenvalue weighted by molar-refractivity contribution is 6.30. The number of nitrogens with zero attached hydrogens (tertiary/aromatic N) is 3. The highest BCUT2D eigenvalue weighted by Gasteiger charge is 2.24. The van der Waals surface area contributed by atoms with E-state index < -0.39 is 10.8 Å². The SMILES string of the molecule is Cc1cccc(N(C)C(=O)c2cc(Cl)ncc2[N+](=O)[O-])c1. The Morgan fingerprint density at radius 1 is 1.38 bits per heavy atom. The van der Waals surface area contributed by atoms with Gasteiger partial charge in [0.1, 0.15) is 16.9 Å². The number of hydrogen-bond donors (Lipinski definition) is 0. The summed E-state index contributed by atoms with van der Waals surface area (Å²) in [5.74, 6) is -0.517. The summed E-state index contributed by atoms with van der Waals surface area (Å²) in [5, 5.41) is 11.0. The molecule has 0 fully saturated rings. The number of pyridine rings is 1. The number of rotatable bonds is 3. The fourth-order valence-electron chi connectivity index (χ4n) is 1.87. The van der Waals surface area contributed by atoms with E-state index in [4.69, 9.17) is 11.6 Å². The molecule has 0 atom stereocenters. The van der Waals surface area contributed by atoms with E-state index in [0.717, 1.165) is 11.8 Å². The molecule has 1 aromatic carbocycles. The van der Waals surface area contributed by atoms with Crippen LogP contribution < -0.4 is 4.90 Å². The van der Waals surface area contributed by atoms with Gasteiger partial charge in [0.25, 0.3) is 11.6 Å². The minimum Gasteiger partial charge on any atom is -0.311 e. The Bertz CT molecular complexity index is 718. The van der Waals surface area contributed by atoms with Crippen molar-refractivity contribution in [2.45, 2.75) is 6.92 Å². The van der Waals surface area contributed by atoms with Gasteiger partial charge in [-0.3, -0.25) is 14.9 Å². The van der Waals surface area contributed by atoms with Crippen LogP contribution >= 0.6 is 11.6 Å². The zero-order chi connectivity index (χ0) is 15.6. The Labute approximate surface area is 126 Å². The molecule has 2 aromatic rings. The van der Waals surface area contributed by atoms with Gasteiger partial charge in [-0.25, -0.2) is 4.98 Å². The smallest absolute Gasteiger partial charge is 0.300 e. The van der Waals surface area contributed by atoms with E-state index in [9.17, 15) is 14.9 Å². The third kappa shape index (κ3) is 3.17. The van der Waals surface area contributed by atoms with Crippen molar-refractivity contribution in [3.63, 3.8) is 0 Å². The second kappa shape index (κ2) is 5.88. The average molecular weight is 306 g/mol. The maximum Gasteiger partial charge on any atom is 0.300 e. The largest absolute Gasteiger partial charge is 0.311 e. The first-order chi connectivity index (χ1) is 9.90. The molecule has 1 aromatic heterocycles. The lowest BCUT2D eigenvalue weighted by molar-refractivity contribution is -0.385. The van der Waals surface area contributed by atoms with Gasteiger partial charge in [0.05, 0.1) is 4.92 Å². The van der Waals surface area contributed by atoms with E-state index in [-0.39, 0.29) is 16.4 Å². The van der Waals surface area contributed by atoms with Crippen LogP contribution in [-0.2, 0) is 0 Å². The van der Waals surface area contributed by atoms with Crippen molar-refractivity contribution in [3.8, 4) is 0 Å². The van der Waals surface area contributed by atoms with E-state index in [2.05, 4.69) is 4.98 Å². The molecule has 6 nitrogen and oxygen atoms in total. The molecule has 0 aliphatic rings. The third-order valence-electron chi connectivity index (χ3n) is 2.97. The second-order valence-electron chi connectivity index (χ2n) is 4.48. The minimum absolute atomic E-state index is 0.0293. The van der Waals surface area contributed by atoms with Gasteiger partial charge in [-0.1, -0.05) is 23.7 Å². The quantitative estimate of drug-likeness (QED) is 0.495. The highest BCUT2D eigenvalue weighted by atomic mass is 35.5. The summed E-state index contributed by atoms with van der Waals surface area (Å²) in [5.41, 5.74) is 1.16. The molecule has 108 valence electrons. The van der Waals surface area contributed by atoms with Gasteiger partial charge in [-0.15, -0.1) is 0 Å². The summed E-state index contributed by atoms with van der Waals surface area (Å²) < 4.78 is 0. The van der Waals surface area contributed by atoms with Crippen LogP contribution in [0.5, 0.6) is 0 Å². The maximum absolute atomic E-state index is 12.5. The Morgan fingerprint density at radius 3 is 2.71 bits per heavy atom. The molecule has 0 aliphatic carbocycles. The lowest BCUT2D eigenvalue weighted by Crippen LogP contribution is -2.27. The first kappa shape index (κ1) is 14.9. The molecule has 0 unspecified atom stereocenters. The zero-order valence-corrected chi connectivity index (χ0v) is 12.2. The summed E-state index contributed by atoms with van der Waals surface area (Å²) in [4.78, 5) is 27.8. The molecule has 0 spiro atoms. The van der Waals surface area contributed by atoms with Gasteiger partial charge in [0, 0.05) is 12.7 Å². The summed E-state index contributed by atoms with van der Waals surface area (Å²) in [6, 6.07) is 8.47. The zero-order valence-electron chi connectivity index (χ0n) is 11.4. The van der Waals surface area contributed by atoms with Crippen molar-refractivity contribution in [2.75, 3.05) is 11.9 Å². The topological polar surface area (TPSA) is 76.3 Å². The molecule has 0 aliphatic heterocycles. The summed E-state index contributed by atoms with van der Waals surface area (Å²) >= 11 is 5.74. The molecule has 7 heteroatoms. The van der Waals surface area contributed by atoms with Gasteiger partial charge in [0.2, 0.25) is 0 Å². The molecular weight excluding hydrogens is 294 g/mol. The fraction of sp³-hybridized carbons (Fsp3) is 0.143. The van der Waals surface area contributed by atoms with Gasteiger partial charge >= 0.3 is 0 Å². The normalized spacial score (nSPS) is 10.2. The van der Waals surface area contributed by atoms with Crippen LogP contribution in [0.1, 0.15) is 15.9 Å². The van der Waals surface area contributed by atoms with Crippen LogP contribution in [0, 0.1) is 17.0 Å². The minimum atomic E-state index is -0.652. The lowest BCUT2D eigenvalue weighted by atomic mass is 10.1. The first-order valence-electron chi connectivity index (χ1n) is 6.05. The second-order valence-corrected chi connectivity index (χ2v) is 4.87. The average Bonchev–Trinajstić information content (AvgIpc) is 2.45. The molecule has 0 radical (unpaired) electrons.